The number of aromatic nitrogens is 5. The van der Waals surface area contributed by atoms with Crippen molar-refractivity contribution in [2.45, 2.75) is 43.4 Å². The molecular formula is C15H22N6OS. The maximum atomic E-state index is 12.6. The van der Waals surface area contributed by atoms with Gasteiger partial charge < -0.3 is 9.47 Å². The van der Waals surface area contributed by atoms with Crippen LogP contribution in [0.2, 0.25) is 0 Å². The van der Waals surface area contributed by atoms with Crippen LogP contribution in [0.1, 0.15) is 25.7 Å². The lowest BCUT2D eigenvalue weighted by Gasteiger charge is -2.36. The van der Waals surface area contributed by atoms with Gasteiger partial charge in [0.25, 0.3) is 0 Å². The van der Waals surface area contributed by atoms with Gasteiger partial charge in [-0.25, -0.2) is 0 Å². The fourth-order valence-electron chi connectivity index (χ4n) is 2.96. The molecule has 23 heavy (non-hydrogen) atoms. The van der Waals surface area contributed by atoms with Crippen LogP contribution in [0, 0.1) is 0 Å². The van der Waals surface area contributed by atoms with E-state index in [0.717, 1.165) is 37.5 Å². The van der Waals surface area contributed by atoms with Crippen molar-refractivity contribution in [1.29, 1.82) is 0 Å². The van der Waals surface area contributed by atoms with Crippen molar-refractivity contribution >= 4 is 17.7 Å². The van der Waals surface area contributed by atoms with Gasteiger partial charge in [0.1, 0.15) is 6.33 Å². The van der Waals surface area contributed by atoms with Gasteiger partial charge >= 0.3 is 0 Å². The number of rotatable bonds is 6. The quantitative estimate of drug-likeness (QED) is 0.750. The van der Waals surface area contributed by atoms with Gasteiger partial charge in [0.15, 0.2) is 5.16 Å². The van der Waals surface area contributed by atoms with Gasteiger partial charge in [0, 0.05) is 38.6 Å². The number of thioether (sulfide) groups is 1. The Morgan fingerprint density at radius 2 is 2.35 bits per heavy atom. The molecule has 2 aromatic rings. The minimum Gasteiger partial charge on any atom is -0.339 e. The minimum atomic E-state index is 0.197. The van der Waals surface area contributed by atoms with Crippen LogP contribution in [0.15, 0.2) is 29.9 Å². The van der Waals surface area contributed by atoms with E-state index in [9.17, 15) is 4.79 Å². The van der Waals surface area contributed by atoms with E-state index in [4.69, 9.17) is 0 Å². The molecule has 0 saturated carbocycles. The number of aryl methyl sites for hydroxylation is 2. The zero-order valence-electron chi connectivity index (χ0n) is 13.3. The maximum absolute atomic E-state index is 12.6. The van der Waals surface area contributed by atoms with Gasteiger partial charge in [-0.1, -0.05) is 11.8 Å². The lowest BCUT2D eigenvalue weighted by atomic mass is 9.99. The molecule has 1 aliphatic heterocycles. The number of piperidine rings is 1. The van der Waals surface area contributed by atoms with Crippen molar-refractivity contribution in [1.82, 2.24) is 29.4 Å². The zero-order valence-corrected chi connectivity index (χ0v) is 14.2. The topological polar surface area (TPSA) is 68.8 Å². The number of hydrogen-bond donors (Lipinski definition) is 0. The first kappa shape index (κ1) is 16.0. The molecule has 1 saturated heterocycles. The van der Waals surface area contributed by atoms with Crippen molar-refractivity contribution in [2.75, 3.05) is 12.3 Å². The van der Waals surface area contributed by atoms with E-state index < -0.39 is 0 Å². The first-order chi connectivity index (χ1) is 11.2. The number of likely N-dealkylation sites (tertiary alicyclic amines) is 1. The van der Waals surface area contributed by atoms with E-state index in [0.29, 0.717) is 11.8 Å². The highest BCUT2D eigenvalue weighted by Crippen LogP contribution is 2.22. The highest BCUT2D eigenvalue weighted by atomic mass is 32.2. The molecule has 7 nitrogen and oxygen atoms in total. The smallest absolute Gasteiger partial charge is 0.233 e. The molecule has 0 bridgehead atoms. The van der Waals surface area contributed by atoms with Gasteiger partial charge in [-0.15, -0.1) is 10.2 Å². The summed E-state index contributed by atoms with van der Waals surface area (Å²) in [6.45, 7) is 1.72. The lowest BCUT2D eigenvalue weighted by molar-refractivity contribution is -0.132. The summed E-state index contributed by atoms with van der Waals surface area (Å²) in [6, 6.07) is 2.25. The summed E-state index contributed by atoms with van der Waals surface area (Å²) in [6.07, 6.45) is 9.76. The van der Waals surface area contributed by atoms with E-state index in [-0.39, 0.29) is 5.91 Å². The zero-order chi connectivity index (χ0) is 16.1. The molecule has 3 heterocycles. The summed E-state index contributed by atoms with van der Waals surface area (Å²) in [5.41, 5.74) is 0. The molecule has 1 atom stereocenters. The summed E-state index contributed by atoms with van der Waals surface area (Å²) in [5.74, 6) is 0.619. The summed E-state index contributed by atoms with van der Waals surface area (Å²) in [4.78, 5) is 14.7. The molecule has 0 aromatic carbocycles. The third kappa shape index (κ3) is 4.13. The standard InChI is InChI=1S/C15H22N6OS/c1-19-12-16-18-15(19)23-11-14(22)21-9-3-2-5-13(21)6-10-20-8-4-7-17-20/h4,7-8,12-13H,2-3,5-6,9-11H2,1H3. The van der Waals surface area contributed by atoms with Crippen LogP contribution in [0.4, 0.5) is 0 Å². The molecule has 8 heteroatoms. The van der Waals surface area contributed by atoms with Crippen LogP contribution in [0.25, 0.3) is 0 Å². The van der Waals surface area contributed by atoms with Gasteiger partial charge in [-0.05, 0) is 31.7 Å². The monoisotopic (exact) mass is 334 g/mol. The molecule has 1 amide bonds. The molecule has 0 aliphatic carbocycles. The number of carbonyl (C=O) groups is 1. The second-order valence-corrected chi connectivity index (χ2v) is 6.75. The molecule has 0 N–H and O–H groups in total. The maximum Gasteiger partial charge on any atom is 0.233 e. The Hall–Kier alpha value is -1.83. The Bertz CT molecular complexity index is 626. The normalized spacial score (nSPS) is 18.3. The minimum absolute atomic E-state index is 0.197. The van der Waals surface area contributed by atoms with Crippen molar-refractivity contribution in [3.63, 3.8) is 0 Å². The van der Waals surface area contributed by atoms with Gasteiger partial charge in [0.05, 0.1) is 5.75 Å². The summed E-state index contributed by atoms with van der Waals surface area (Å²) < 4.78 is 3.77. The average Bonchev–Trinajstić information content (AvgIpc) is 3.22. The van der Waals surface area contributed by atoms with Crippen molar-refractivity contribution in [2.24, 2.45) is 7.05 Å². The largest absolute Gasteiger partial charge is 0.339 e. The Morgan fingerprint density at radius 1 is 1.43 bits per heavy atom. The Morgan fingerprint density at radius 3 is 3.09 bits per heavy atom. The summed E-state index contributed by atoms with van der Waals surface area (Å²) in [5, 5.41) is 12.9. The summed E-state index contributed by atoms with van der Waals surface area (Å²) >= 11 is 1.45. The lowest BCUT2D eigenvalue weighted by Crippen LogP contribution is -2.45. The van der Waals surface area contributed by atoms with Crippen molar-refractivity contribution in [3.05, 3.63) is 24.8 Å². The molecule has 0 spiro atoms. The molecule has 1 fully saturated rings. The molecule has 0 radical (unpaired) electrons. The van der Waals surface area contributed by atoms with E-state index in [2.05, 4.69) is 20.2 Å². The van der Waals surface area contributed by atoms with Crippen molar-refractivity contribution in [3.8, 4) is 0 Å². The van der Waals surface area contributed by atoms with Crippen molar-refractivity contribution < 1.29 is 4.79 Å². The second-order valence-electron chi connectivity index (χ2n) is 5.81. The molecule has 2 aromatic heterocycles. The molecule has 124 valence electrons. The van der Waals surface area contributed by atoms with E-state index in [1.807, 2.05) is 28.6 Å². The number of carbonyl (C=O) groups excluding carboxylic acids is 1. The van der Waals surface area contributed by atoms with Gasteiger partial charge in [-0.3, -0.25) is 9.48 Å². The first-order valence-corrected chi connectivity index (χ1v) is 8.96. The van der Waals surface area contributed by atoms with Gasteiger partial charge in [0.2, 0.25) is 5.91 Å². The Labute approximate surface area is 140 Å². The van der Waals surface area contributed by atoms with Gasteiger partial charge in [-0.2, -0.15) is 5.10 Å². The predicted octanol–water partition coefficient (Wildman–Crippen LogP) is 1.58. The molecular weight excluding hydrogens is 312 g/mol. The third-order valence-corrected chi connectivity index (χ3v) is 5.21. The number of hydrogen-bond acceptors (Lipinski definition) is 5. The van der Waals surface area contributed by atoms with Crippen LogP contribution < -0.4 is 0 Å². The molecule has 1 unspecified atom stereocenters. The Balaban J connectivity index is 1.54. The van der Waals surface area contributed by atoms with Crippen LogP contribution in [-0.2, 0) is 18.4 Å². The third-order valence-electron chi connectivity index (χ3n) is 4.19. The van der Waals surface area contributed by atoms with Crippen LogP contribution >= 0.6 is 11.8 Å². The van der Waals surface area contributed by atoms with E-state index >= 15 is 0 Å². The van der Waals surface area contributed by atoms with E-state index in [1.165, 1.54) is 18.2 Å². The first-order valence-electron chi connectivity index (χ1n) is 7.98. The SMILES string of the molecule is Cn1cnnc1SCC(=O)N1CCCCC1CCn1cccn1. The molecule has 1 aliphatic rings. The predicted molar refractivity (Wildman–Crippen MR) is 87.9 cm³/mol. The summed E-state index contributed by atoms with van der Waals surface area (Å²) in [7, 11) is 1.89. The van der Waals surface area contributed by atoms with Crippen LogP contribution in [0.3, 0.4) is 0 Å². The fraction of sp³-hybridized carbons (Fsp3) is 0.600. The van der Waals surface area contributed by atoms with E-state index in [1.54, 1.807) is 12.5 Å². The number of nitrogens with zero attached hydrogens (tertiary/aromatic N) is 6. The highest BCUT2D eigenvalue weighted by Gasteiger charge is 2.26. The second kappa shape index (κ2) is 7.63. The number of amides is 1. The highest BCUT2D eigenvalue weighted by molar-refractivity contribution is 7.99. The van der Waals surface area contributed by atoms with Crippen LogP contribution in [-0.4, -0.2) is 53.7 Å². The average molecular weight is 334 g/mol. The molecule has 3 rings (SSSR count). The fourth-order valence-corrected chi connectivity index (χ4v) is 3.73. The Kier molecular flexibility index (Phi) is 5.32. The van der Waals surface area contributed by atoms with Crippen LogP contribution in [0.5, 0.6) is 0 Å².